The van der Waals surface area contributed by atoms with E-state index in [4.69, 9.17) is 16.3 Å². The molecule has 0 spiro atoms. The highest BCUT2D eigenvalue weighted by molar-refractivity contribution is 6.30. The van der Waals surface area contributed by atoms with Crippen molar-refractivity contribution in [1.82, 2.24) is 9.97 Å². The number of benzene rings is 1. The van der Waals surface area contributed by atoms with Crippen LogP contribution >= 0.6 is 11.6 Å². The minimum Gasteiger partial charge on any atom is -0.490 e. The molecule has 0 aliphatic carbocycles. The van der Waals surface area contributed by atoms with Crippen molar-refractivity contribution in [3.05, 3.63) is 53.1 Å². The number of aromatic nitrogens is 2. The maximum Gasteiger partial charge on any atom is 0.129 e. The van der Waals surface area contributed by atoms with Crippen LogP contribution in [0.3, 0.4) is 0 Å². The van der Waals surface area contributed by atoms with Crippen LogP contribution in [0.25, 0.3) is 0 Å². The second-order valence-electron chi connectivity index (χ2n) is 5.40. The molecular weight excluding hydrogens is 288 g/mol. The Balaban J connectivity index is 2.21. The molecule has 112 valence electrons. The zero-order chi connectivity index (χ0) is 15.5. The topological polar surface area (TPSA) is 55.2 Å². The molecule has 0 bridgehead atoms. The van der Waals surface area contributed by atoms with Crippen LogP contribution in [0.4, 0.5) is 0 Å². The van der Waals surface area contributed by atoms with Gasteiger partial charge in [0, 0.05) is 23.0 Å². The monoisotopic (exact) mass is 306 g/mol. The third-order valence-electron chi connectivity index (χ3n) is 3.60. The molecule has 21 heavy (non-hydrogen) atoms. The summed E-state index contributed by atoms with van der Waals surface area (Å²) in [6, 6.07) is 5.40. The minimum atomic E-state index is -1.15. The van der Waals surface area contributed by atoms with Gasteiger partial charge in [-0.25, -0.2) is 9.97 Å². The van der Waals surface area contributed by atoms with Gasteiger partial charge in [0.15, 0.2) is 0 Å². The zero-order valence-electron chi connectivity index (χ0n) is 12.4. The molecule has 0 fully saturated rings. The third-order valence-corrected chi connectivity index (χ3v) is 3.84. The van der Waals surface area contributed by atoms with E-state index in [0.29, 0.717) is 16.3 Å². The van der Waals surface area contributed by atoms with Crippen molar-refractivity contribution < 1.29 is 9.84 Å². The van der Waals surface area contributed by atoms with E-state index < -0.39 is 5.60 Å². The van der Waals surface area contributed by atoms with Crippen LogP contribution in [-0.4, -0.2) is 21.7 Å². The van der Waals surface area contributed by atoms with Gasteiger partial charge in [-0.1, -0.05) is 25.4 Å². The molecule has 4 nitrogen and oxygen atoms in total. The number of nitrogens with zero attached hydrogens (tertiary/aromatic N) is 2. The summed E-state index contributed by atoms with van der Waals surface area (Å²) in [6.45, 7) is 5.91. The molecular formula is C16H19ClN2O2. The Labute approximate surface area is 129 Å². The van der Waals surface area contributed by atoms with Gasteiger partial charge in [0.05, 0.1) is 0 Å². The maximum absolute atomic E-state index is 10.9. The molecule has 1 atom stereocenters. The van der Waals surface area contributed by atoms with Gasteiger partial charge in [0.1, 0.15) is 24.3 Å². The average molecular weight is 307 g/mol. The summed E-state index contributed by atoms with van der Waals surface area (Å²) in [4.78, 5) is 7.95. The normalized spacial score (nSPS) is 14.0. The number of rotatable bonds is 5. The molecule has 1 unspecified atom stereocenters. The number of hydrogen-bond donors (Lipinski definition) is 1. The molecule has 2 aromatic rings. The van der Waals surface area contributed by atoms with E-state index in [-0.39, 0.29) is 12.5 Å². The number of halogens is 1. The van der Waals surface area contributed by atoms with Crippen molar-refractivity contribution in [2.24, 2.45) is 5.92 Å². The van der Waals surface area contributed by atoms with Gasteiger partial charge in [-0.3, -0.25) is 0 Å². The van der Waals surface area contributed by atoms with Gasteiger partial charge in [-0.15, -0.1) is 0 Å². The second-order valence-corrected chi connectivity index (χ2v) is 5.84. The SMILES string of the molecule is Cc1cc(Cl)ccc1OCC(O)(c1cncnc1)C(C)C. The predicted octanol–water partition coefficient (Wildman–Crippen LogP) is 3.36. The molecule has 0 radical (unpaired) electrons. The smallest absolute Gasteiger partial charge is 0.129 e. The lowest BCUT2D eigenvalue weighted by Crippen LogP contribution is -2.38. The molecule has 1 aromatic carbocycles. The Bertz CT molecular complexity index is 604. The van der Waals surface area contributed by atoms with Crippen molar-refractivity contribution >= 4 is 11.6 Å². The first-order chi connectivity index (χ1) is 9.93. The van der Waals surface area contributed by atoms with E-state index in [9.17, 15) is 5.11 Å². The van der Waals surface area contributed by atoms with Crippen molar-refractivity contribution in [3.8, 4) is 5.75 Å². The van der Waals surface area contributed by atoms with E-state index in [1.54, 1.807) is 24.5 Å². The molecule has 5 heteroatoms. The van der Waals surface area contributed by atoms with Gasteiger partial charge < -0.3 is 9.84 Å². The highest BCUT2D eigenvalue weighted by Gasteiger charge is 2.35. The van der Waals surface area contributed by atoms with Gasteiger partial charge in [0.25, 0.3) is 0 Å². The number of aryl methyl sites for hydroxylation is 1. The first-order valence-electron chi connectivity index (χ1n) is 6.80. The molecule has 0 saturated carbocycles. The largest absolute Gasteiger partial charge is 0.490 e. The van der Waals surface area contributed by atoms with E-state index in [1.165, 1.54) is 6.33 Å². The molecule has 1 N–H and O–H groups in total. The molecule has 1 aromatic heterocycles. The Kier molecular flexibility index (Phi) is 4.80. The fourth-order valence-corrected chi connectivity index (χ4v) is 2.30. The summed E-state index contributed by atoms with van der Waals surface area (Å²) in [5, 5.41) is 11.6. The lowest BCUT2D eigenvalue weighted by atomic mass is 9.85. The van der Waals surface area contributed by atoms with Crippen molar-refractivity contribution in [2.45, 2.75) is 26.4 Å². The highest BCUT2D eigenvalue weighted by Crippen LogP contribution is 2.31. The van der Waals surface area contributed by atoms with E-state index in [0.717, 1.165) is 5.56 Å². The summed E-state index contributed by atoms with van der Waals surface area (Å²) >= 11 is 5.93. The van der Waals surface area contributed by atoms with Crippen LogP contribution in [0.15, 0.2) is 36.9 Å². The molecule has 2 rings (SSSR count). The van der Waals surface area contributed by atoms with Gasteiger partial charge in [-0.2, -0.15) is 0 Å². The van der Waals surface area contributed by atoms with Crippen LogP contribution in [0.1, 0.15) is 25.0 Å². The first kappa shape index (κ1) is 15.7. The van der Waals surface area contributed by atoms with Gasteiger partial charge >= 0.3 is 0 Å². The molecule has 0 amide bonds. The average Bonchev–Trinajstić information content (AvgIpc) is 2.46. The van der Waals surface area contributed by atoms with E-state index in [2.05, 4.69) is 9.97 Å². The van der Waals surface area contributed by atoms with Gasteiger partial charge in [0.2, 0.25) is 0 Å². The molecule has 0 saturated heterocycles. The quantitative estimate of drug-likeness (QED) is 0.920. The highest BCUT2D eigenvalue weighted by atomic mass is 35.5. The van der Waals surface area contributed by atoms with Crippen LogP contribution in [0, 0.1) is 12.8 Å². The Morgan fingerprint density at radius 2 is 1.95 bits per heavy atom. The summed E-state index contributed by atoms with van der Waals surface area (Å²) < 4.78 is 5.81. The molecule has 0 aliphatic rings. The summed E-state index contributed by atoms with van der Waals surface area (Å²) in [6.07, 6.45) is 4.67. The van der Waals surface area contributed by atoms with Crippen LogP contribution in [-0.2, 0) is 5.60 Å². The third kappa shape index (κ3) is 3.52. The second kappa shape index (κ2) is 6.41. The fourth-order valence-electron chi connectivity index (χ4n) is 2.07. The van der Waals surface area contributed by atoms with E-state index >= 15 is 0 Å². The van der Waals surface area contributed by atoms with Crippen molar-refractivity contribution in [2.75, 3.05) is 6.61 Å². The van der Waals surface area contributed by atoms with Crippen molar-refractivity contribution in [3.63, 3.8) is 0 Å². The summed E-state index contributed by atoms with van der Waals surface area (Å²) in [7, 11) is 0. The fraction of sp³-hybridized carbons (Fsp3) is 0.375. The lowest BCUT2D eigenvalue weighted by Gasteiger charge is -2.32. The van der Waals surface area contributed by atoms with Crippen molar-refractivity contribution in [1.29, 1.82) is 0 Å². The Morgan fingerprint density at radius 1 is 1.29 bits per heavy atom. The summed E-state index contributed by atoms with van der Waals surface area (Å²) in [5.41, 5.74) is 0.428. The number of ether oxygens (including phenoxy) is 1. The zero-order valence-corrected chi connectivity index (χ0v) is 13.1. The molecule has 0 aliphatic heterocycles. The number of aliphatic hydroxyl groups is 1. The Morgan fingerprint density at radius 3 is 2.52 bits per heavy atom. The molecule has 1 heterocycles. The summed E-state index contributed by atoms with van der Waals surface area (Å²) in [5.74, 6) is 0.659. The van der Waals surface area contributed by atoms with E-state index in [1.807, 2.05) is 26.8 Å². The van der Waals surface area contributed by atoms with Crippen LogP contribution in [0.5, 0.6) is 5.75 Å². The lowest BCUT2D eigenvalue weighted by molar-refractivity contribution is -0.0493. The minimum absolute atomic E-state index is 0.0453. The number of hydrogen-bond acceptors (Lipinski definition) is 4. The maximum atomic E-state index is 10.9. The van der Waals surface area contributed by atoms with Crippen LogP contribution in [0.2, 0.25) is 5.02 Å². The standard InChI is InChI=1S/C16H19ClN2O2/c1-11(2)16(20,13-7-18-10-19-8-13)9-21-15-5-4-14(17)6-12(15)3/h4-8,10-11,20H,9H2,1-3H3. The predicted molar refractivity (Wildman–Crippen MR) is 82.5 cm³/mol. The first-order valence-corrected chi connectivity index (χ1v) is 7.18. The van der Waals surface area contributed by atoms with Gasteiger partial charge in [-0.05, 0) is 36.6 Å². The Hall–Kier alpha value is -1.65. The van der Waals surface area contributed by atoms with Crippen LogP contribution < -0.4 is 4.74 Å².